The highest BCUT2D eigenvalue weighted by atomic mass is 32.1. The third-order valence-electron chi connectivity index (χ3n) is 4.07. The first-order valence-corrected chi connectivity index (χ1v) is 9.05. The summed E-state index contributed by atoms with van der Waals surface area (Å²) in [5.41, 5.74) is 1.63. The molecular weight excluding hydrogens is 324 g/mol. The lowest BCUT2D eigenvalue weighted by Gasteiger charge is -2.25. The van der Waals surface area contributed by atoms with Crippen molar-refractivity contribution in [3.05, 3.63) is 40.7 Å². The van der Waals surface area contributed by atoms with Crippen LogP contribution in [0.3, 0.4) is 0 Å². The standard InChI is InChI=1S/C17H22N4O2S/c1-12(2)15-16(24-20-19-15)17(22)21(11-14-7-5-9-23-14)10-13-6-3-4-8-18-13/h3-4,6,8,12,14H,5,7,9-11H2,1-2H3. The fourth-order valence-electron chi connectivity index (χ4n) is 2.81. The first-order chi connectivity index (χ1) is 11.6. The number of pyridine rings is 1. The molecule has 24 heavy (non-hydrogen) atoms. The second-order valence-electron chi connectivity index (χ2n) is 6.28. The lowest BCUT2D eigenvalue weighted by molar-refractivity contribution is 0.0507. The fourth-order valence-corrected chi connectivity index (χ4v) is 3.60. The maximum absolute atomic E-state index is 13.1. The van der Waals surface area contributed by atoms with Crippen molar-refractivity contribution in [2.75, 3.05) is 13.2 Å². The third-order valence-corrected chi connectivity index (χ3v) is 4.80. The summed E-state index contributed by atoms with van der Waals surface area (Å²) >= 11 is 1.17. The highest BCUT2D eigenvalue weighted by Crippen LogP contribution is 2.23. The molecule has 0 spiro atoms. The summed E-state index contributed by atoms with van der Waals surface area (Å²) in [6.07, 6.45) is 3.89. The molecule has 0 N–H and O–H groups in total. The van der Waals surface area contributed by atoms with Gasteiger partial charge >= 0.3 is 0 Å². The topological polar surface area (TPSA) is 68.2 Å². The average molecular weight is 346 g/mol. The van der Waals surface area contributed by atoms with Crippen LogP contribution in [0.15, 0.2) is 24.4 Å². The molecule has 128 valence electrons. The fraction of sp³-hybridized carbons (Fsp3) is 0.529. The maximum atomic E-state index is 13.1. The van der Waals surface area contributed by atoms with E-state index in [0.717, 1.165) is 30.8 Å². The zero-order valence-electron chi connectivity index (χ0n) is 14.0. The van der Waals surface area contributed by atoms with Gasteiger partial charge in [0.25, 0.3) is 5.91 Å². The summed E-state index contributed by atoms with van der Waals surface area (Å²) in [5.74, 6) is 0.136. The number of rotatable bonds is 6. The van der Waals surface area contributed by atoms with Crippen LogP contribution in [0.4, 0.5) is 0 Å². The van der Waals surface area contributed by atoms with Gasteiger partial charge in [-0.2, -0.15) is 0 Å². The molecule has 0 aliphatic carbocycles. The molecular formula is C17H22N4O2S. The molecule has 0 radical (unpaired) electrons. The molecule has 1 amide bonds. The second kappa shape index (κ2) is 7.81. The van der Waals surface area contributed by atoms with E-state index in [1.54, 1.807) is 6.20 Å². The van der Waals surface area contributed by atoms with Crippen molar-refractivity contribution in [3.63, 3.8) is 0 Å². The normalized spacial score (nSPS) is 17.4. The minimum Gasteiger partial charge on any atom is -0.376 e. The Balaban J connectivity index is 1.82. The summed E-state index contributed by atoms with van der Waals surface area (Å²) < 4.78 is 9.71. The predicted octanol–water partition coefficient (Wildman–Crippen LogP) is 2.88. The van der Waals surface area contributed by atoms with Gasteiger partial charge in [0.05, 0.1) is 24.0 Å². The number of ether oxygens (including phenoxy) is 1. The molecule has 2 aromatic rings. The predicted molar refractivity (Wildman–Crippen MR) is 91.9 cm³/mol. The van der Waals surface area contributed by atoms with E-state index in [2.05, 4.69) is 14.6 Å². The molecule has 0 bridgehead atoms. The molecule has 3 heterocycles. The zero-order chi connectivity index (χ0) is 16.9. The molecule has 1 atom stereocenters. The number of hydrogen-bond donors (Lipinski definition) is 0. The van der Waals surface area contributed by atoms with Crippen LogP contribution in [-0.2, 0) is 11.3 Å². The van der Waals surface area contributed by atoms with Crippen molar-refractivity contribution in [1.82, 2.24) is 19.5 Å². The Morgan fingerprint density at radius 3 is 3.00 bits per heavy atom. The van der Waals surface area contributed by atoms with Crippen LogP contribution in [0.5, 0.6) is 0 Å². The van der Waals surface area contributed by atoms with Gasteiger partial charge in [0, 0.05) is 19.3 Å². The molecule has 1 unspecified atom stereocenters. The van der Waals surface area contributed by atoms with Gasteiger partial charge in [-0.3, -0.25) is 9.78 Å². The molecule has 2 aromatic heterocycles. The smallest absolute Gasteiger partial charge is 0.267 e. The van der Waals surface area contributed by atoms with Crippen molar-refractivity contribution in [2.45, 2.75) is 45.3 Å². The molecule has 0 saturated carbocycles. The van der Waals surface area contributed by atoms with Crippen molar-refractivity contribution in [3.8, 4) is 0 Å². The van der Waals surface area contributed by atoms with E-state index in [1.807, 2.05) is 36.9 Å². The third kappa shape index (κ3) is 3.96. The zero-order valence-corrected chi connectivity index (χ0v) is 14.8. The Hall–Kier alpha value is -1.86. The van der Waals surface area contributed by atoms with E-state index < -0.39 is 0 Å². The van der Waals surface area contributed by atoms with E-state index >= 15 is 0 Å². The van der Waals surface area contributed by atoms with Crippen molar-refractivity contribution in [2.24, 2.45) is 0 Å². The van der Waals surface area contributed by atoms with E-state index in [4.69, 9.17) is 4.74 Å². The Labute approximate surface area is 146 Å². The van der Waals surface area contributed by atoms with Crippen molar-refractivity contribution >= 4 is 17.4 Å². The van der Waals surface area contributed by atoms with E-state index in [-0.39, 0.29) is 17.9 Å². The van der Waals surface area contributed by atoms with Gasteiger partial charge in [-0.05, 0) is 42.4 Å². The SMILES string of the molecule is CC(C)c1nnsc1C(=O)N(Cc1ccccn1)CC1CCCO1. The molecule has 1 saturated heterocycles. The molecule has 3 rings (SSSR count). The van der Waals surface area contributed by atoms with Gasteiger partial charge in [0.15, 0.2) is 0 Å². The van der Waals surface area contributed by atoms with Gasteiger partial charge < -0.3 is 9.64 Å². The number of hydrogen-bond acceptors (Lipinski definition) is 6. The maximum Gasteiger partial charge on any atom is 0.267 e. The molecule has 1 aliphatic rings. The molecule has 7 heteroatoms. The van der Waals surface area contributed by atoms with Gasteiger partial charge in [0.2, 0.25) is 0 Å². The van der Waals surface area contributed by atoms with Crippen LogP contribution in [-0.4, -0.2) is 44.6 Å². The first kappa shape index (κ1) is 17.0. The highest BCUT2D eigenvalue weighted by Gasteiger charge is 2.27. The Kier molecular flexibility index (Phi) is 5.52. The minimum absolute atomic E-state index is 0.0325. The summed E-state index contributed by atoms with van der Waals surface area (Å²) in [6.45, 7) is 5.86. The monoisotopic (exact) mass is 346 g/mol. The molecule has 0 aromatic carbocycles. The summed E-state index contributed by atoms with van der Waals surface area (Å²) in [7, 11) is 0. The molecule has 1 aliphatic heterocycles. The Morgan fingerprint density at radius 2 is 2.33 bits per heavy atom. The number of carbonyl (C=O) groups is 1. The van der Waals surface area contributed by atoms with Gasteiger partial charge in [-0.1, -0.05) is 24.4 Å². The number of nitrogens with zero attached hydrogens (tertiary/aromatic N) is 4. The largest absolute Gasteiger partial charge is 0.376 e. The molecule has 1 fully saturated rings. The van der Waals surface area contributed by atoms with Gasteiger partial charge in [-0.25, -0.2) is 0 Å². The van der Waals surface area contributed by atoms with Crippen LogP contribution in [0.1, 0.15) is 53.7 Å². The minimum atomic E-state index is -0.0325. The van der Waals surface area contributed by atoms with Crippen molar-refractivity contribution < 1.29 is 9.53 Å². The molecule has 6 nitrogen and oxygen atoms in total. The van der Waals surface area contributed by atoms with Gasteiger partial charge in [-0.15, -0.1) is 5.10 Å². The second-order valence-corrected chi connectivity index (χ2v) is 7.04. The average Bonchev–Trinajstić information content (AvgIpc) is 3.26. The first-order valence-electron chi connectivity index (χ1n) is 8.28. The number of carbonyl (C=O) groups excluding carboxylic acids is 1. The van der Waals surface area contributed by atoms with E-state index in [0.29, 0.717) is 18.0 Å². The van der Waals surface area contributed by atoms with Crippen LogP contribution >= 0.6 is 11.5 Å². The number of aromatic nitrogens is 3. The summed E-state index contributed by atoms with van der Waals surface area (Å²) in [5, 5.41) is 4.13. The van der Waals surface area contributed by atoms with Crippen LogP contribution < -0.4 is 0 Å². The highest BCUT2D eigenvalue weighted by molar-refractivity contribution is 7.08. The summed E-state index contributed by atoms with van der Waals surface area (Å²) in [4.78, 5) is 19.9. The van der Waals surface area contributed by atoms with Gasteiger partial charge in [0.1, 0.15) is 4.88 Å². The summed E-state index contributed by atoms with van der Waals surface area (Å²) in [6, 6.07) is 5.74. The van der Waals surface area contributed by atoms with E-state index in [9.17, 15) is 4.79 Å². The lowest BCUT2D eigenvalue weighted by atomic mass is 10.1. The van der Waals surface area contributed by atoms with Crippen molar-refractivity contribution in [1.29, 1.82) is 0 Å². The Bertz CT molecular complexity index is 668. The van der Waals surface area contributed by atoms with E-state index in [1.165, 1.54) is 11.5 Å². The van der Waals surface area contributed by atoms with Crippen LogP contribution in [0.25, 0.3) is 0 Å². The lowest BCUT2D eigenvalue weighted by Crippen LogP contribution is -2.37. The quantitative estimate of drug-likeness (QED) is 0.804. The Morgan fingerprint density at radius 1 is 1.46 bits per heavy atom. The van der Waals surface area contributed by atoms with Crippen LogP contribution in [0.2, 0.25) is 0 Å². The number of amides is 1. The van der Waals surface area contributed by atoms with Crippen LogP contribution in [0, 0.1) is 0 Å².